The third kappa shape index (κ3) is 3.04. The van der Waals surface area contributed by atoms with Crippen LogP contribution in [0.2, 0.25) is 5.02 Å². The van der Waals surface area contributed by atoms with E-state index in [0.29, 0.717) is 11.1 Å². The topological polar surface area (TPSA) is 12.0 Å². The molecule has 0 aliphatic carbocycles. The van der Waals surface area contributed by atoms with Crippen molar-refractivity contribution < 1.29 is 17.6 Å². The Morgan fingerprint density at radius 1 is 0.952 bits per heavy atom. The highest BCUT2D eigenvalue weighted by atomic mass is 35.5. The van der Waals surface area contributed by atoms with Gasteiger partial charge < -0.3 is 5.32 Å². The first kappa shape index (κ1) is 15.8. The van der Waals surface area contributed by atoms with Gasteiger partial charge in [-0.1, -0.05) is 11.6 Å². The van der Waals surface area contributed by atoms with E-state index in [1.807, 2.05) is 0 Å². The van der Waals surface area contributed by atoms with Gasteiger partial charge in [-0.15, -0.1) is 0 Å². The Bertz CT molecular complexity index is 665. The van der Waals surface area contributed by atoms with Crippen LogP contribution < -0.4 is 5.32 Å². The fourth-order valence-electron chi connectivity index (χ4n) is 2.14. The number of hydrogen-bond acceptors (Lipinski definition) is 1. The summed E-state index contributed by atoms with van der Waals surface area (Å²) in [5.74, 6) is -4.59. The molecule has 2 aromatic rings. The van der Waals surface area contributed by atoms with Crippen molar-refractivity contribution in [3.8, 4) is 0 Å². The van der Waals surface area contributed by atoms with E-state index in [4.69, 9.17) is 11.6 Å². The Hall–Kier alpha value is -1.59. The molecule has 1 atom stereocenters. The Balaban J connectivity index is 2.57. The predicted octanol–water partition coefficient (Wildman–Crippen LogP) is 4.51. The van der Waals surface area contributed by atoms with Crippen molar-refractivity contribution in [1.82, 2.24) is 5.32 Å². The summed E-state index contributed by atoms with van der Waals surface area (Å²) in [7, 11) is 1.55. The second-order valence-electron chi connectivity index (χ2n) is 4.64. The van der Waals surface area contributed by atoms with E-state index >= 15 is 0 Å². The van der Waals surface area contributed by atoms with Crippen LogP contribution in [0, 0.1) is 30.2 Å². The van der Waals surface area contributed by atoms with Gasteiger partial charge in [0.15, 0.2) is 17.5 Å². The van der Waals surface area contributed by atoms with Crippen molar-refractivity contribution in [3.63, 3.8) is 0 Å². The third-order valence-electron chi connectivity index (χ3n) is 3.22. The van der Waals surface area contributed by atoms with Crippen LogP contribution in [0.5, 0.6) is 0 Å². The van der Waals surface area contributed by atoms with Crippen molar-refractivity contribution in [2.45, 2.75) is 13.0 Å². The second-order valence-corrected chi connectivity index (χ2v) is 5.05. The van der Waals surface area contributed by atoms with E-state index in [2.05, 4.69) is 5.32 Å². The highest BCUT2D eigenvalue weighted by Crippen LogP contribution is 2.31. The van der Waals surface area contributed by atoms with Gasteiger partial charge in [0.05, 0.1) is 6.04 Å². The Morgan fingerprint density at radius 3 is 2.05 bits per heavy atom. The molecule has 1 nitrogen and oxygen atoms in total. The fraction of sp³-hybridized carbons (Fsp3) is 0.200. The third-order valence-corrected chi connectivity index (χ3v) is 3.54. The molecule has 0 saturated heterocycles. The highest BCUT2D eigenvalue weighted by Gasteiger charge is 2.20. The molecule has 21 heavy (non-hydrogen) atoms. The first-order chi connectivity index (χ1) is 9.85. The van der Waals surface area contributed by atoms with Crippen LogP contribution >= 0.6 is 11.6 Å². The quantitative estimate of drug-likeness (QED) is 0.648. The zero-order valence-electron chi connectivity index (χ0n) is 11.3. The molecule has 2 aromatic carbocycles. The lowest BCUT2D eigenvalue weighted by molar-refractivity contribution is 0.443. The molecule has 6 heteroatoms. The average Bonchev–Trinajstić information content (AvgIpc) is 2.42. The van der Waals surface area contributed by atoms with Crippen molar-refractivity contribution in [2.24, 2.45) is 0 Å². The summed E-state index contributed by atoms with van der Waals surface area (Å²) in [4.78, 5) is 0. The van der Waals surface area contributed by atoms with Gasteiger partial charge >= 0.3 is 0 Å². The highest BCUT2D eigenvalue weighted by molar-refractivity contribution is 6.31. The number of nitrogens with one attached hydrogen (secondary N) is 1. The van der Waals surface area contributed by atoms with E-state index in [0.717, 1.165) is 18.2 Å². The van der Waals surface area contributed by atoms with E-state index in [-0.39, 0.29) is 10.6 Å². The molecular formula is C15H12ClF4N. The van der Waals surface area contributed by atoms with Crippen LogP contribution in [0.4, 0.5) is 17.6 Å². The number of halogens is 5. The molecule has 2 rings (SSSR count). The summed E-state index contributed by atoms with van der Waals surface area (Å²) in [5, 5.41) is 2.95. The van der Waals surface area contributed by atoms with Crippen molar-refractivity contribution in [1.29, 1.82) is 0 Å². The standard InChI is InChI=1S/C15H12ClF4N/c1-7-3-9(10(16)6-11(7)17)15(21-2)8-4-12(18)14(20)13(19)5-8/h3-6,15,21H,1-2H3. The Kier molecular flexibility index (Phi) is 4.54. The van der Waals surface area contributed by atoms with Gasteiger partial charge in [-0.2, -0.15) is 0 Å². The van der Waals surface area contributed by atoms with Crippen molar-refractivity contribution >= 4 is 11.6 Å². The minimum Gasteiger partial charge on any atom is -0.309 e. The minimum absolute atomic E-state index is 0.114. The molecule has 0 radical (unpaired) electrons. The first-order valence-electron chi connectivity index (χ1n) is 6.12. The van der Waals surface area contributed by atoms with Gasteiger partial charge in [0.25, 0.3) is 0 Å². The van der Waals surface area contributed by atoms with E-state index in [1.165, 1.54) is 6.07 Å². The molecule has 112 valence electrons. The summed E-state index contributed by atoms with van der Waals surface area (Å²) >= 11 is 5.99. The maximum absolute atomic E-state index is 13.4. The monoisotopic (exact) mass is 317 g/mol. The molecule has 1 unspecified atom stereocenters. The lowest BCUT2D eigenvalue weighted by Gasteiger charge is -2.20. The van der Waals surface area contributed by atoms with Crippen LogP contribution in [0.1, 0.15) is 22.7 Å². The van der Waals surface area contributed by atoms with Gasteiger partial charge in [0.2, 0.25) is 0 Å². The smallest absolute Gasteiger partial charge is 0.194 e. The SMILES string of the molecule is CNC(c1cc(F)c(F)c(F)c1)c1cc(C)c(F)cc1Cl. The largest absolute Gasteiger partial charge is 0.309 e. The van der Waals surface area contributed by atoms with Gasteiger partial charge in [-0.3, -0.25) is 0 Å². The molecule has 0 saturated carbocycles. The van der Waals surface area contributed by atoms with Crippen LogP contribution in [0.15, 0.2) is 24.3 Å². The normalized spacial score (nSPS) is 12.5. The van der Waals surface area contributed by atoms with Gasteiger partial charge in [-0.05, 0) is 54.9 Å². The predicted molar refractivity (Wildman–Crippen MR) is 73.4 cm³/mol. The fourth-order valence-corrected chi connectivity index (χ4v) is 2.40. The molecule has 0 heterocycles. The average molecular weight is 318 g/mol. The summed E-state index contributed by atoms with van der Waals surface area (Å²) in [6, 6.07) is 3.69. The summed E-state index contributed by atoms with van der Waals surface area (Å²) < 4.78 is 53.2. The van der Waals surface area contributed by atoms with Gasteiger partial charge in [0.1, 0.15) is 5.82 Å². The van der Waals surface area contributed by atoms with Crippen LogP contribution in [-0.2, 0) is 0 Å². The maximum atomic E-state index is 13.4. The molecule has 0 aliphatic heterocycles. The Labute approximate surface area is 124 Å². The lowest BCUT2D eigenvalue weighted by atomic mass is 9.97. The number of benzene rings is 2. The maximum Gasteiger partial charge on any atom is 0.194 e. The lowest BCUT2D eigenvalue weighted by Crippen LogP contribution is -2.19. The second kappa shape index (κ2) is 6.03. The number of aryl methyl sites for hydroxylation is 1. The summed E-state index contributed by atoms with van der Waals surface area (Å²) in [5.41, 5.74) is 0.947. The molecule has 1 N–H and O–H groups in total. The Morgan fingerprint density at radius 2 is 1.52 bits per heavy atom. The molecule has 0 aliphatic rings. The van der Waals surface area contributed by atoms with Crippen molar-refractivity contribution in [2.75, 3.05) is 7.05 Å². The number of hydrogen-bond donors (Lipinski definition) is 1. The molecule has 0 bridgehead atoms. The van der Waals surface area contributed by atoms with Gasteiger partial charge in [-0.25, -0.2) is 17.6 Å². The first-order valence-corrected chi connectivity index (χ1v) is 6.50. The minimum atomic E-state index is -1.53. The molecular weight excluding hydrogens is 306 g/mol. The van der Waals surface area contributed by atoms with E-state index in [1.54, 1.807) is 14.0 Å². The van der Waals surface area contributed by atoms with Crippen LogP contribution in [0.3, 0.4) is 0 Å². The van der Waals surface area contributed by atoms with E-state index < -0.39 is 29.3 Å². The molecule has 0 aromatic heterocycles. The van der Waals surface area contributed by atoms with Crippen LogP contribution in [0.25, 0.3) is 0 Å². The molecule has 0 spiro atoms. The van der Waals surface area contributed by atoms with Crippen molar-refractivity contribution in [3.05, 3.63) is 69.2 Å². The zero-order chi connectivity index (χ0) is 15.7. The molecule has 0 fully saturated rings. The van der Waals surface area contributed by atoms with Crippen LogP contribution in [-0.4, -0.2) is 7.05 Å². The molecule has 0 amide bonds. The van der Waals surface area contributed by atoms with E-state index in [9.17, 15) is 17.6 Å². The summed E-state index contributed by atoms with van der Waals surface area (Å²) in [6.45, 7) is 1.55. The summed E-state index contributed by atoms with van der Waals surface area (Å²) in [6.07, 6.45) is 0. The zero-order valence-corrected chi connectivity index (χ0v) is 12.0. The van der Waals surface area contributed by atoms with Gasteiger partial charge in [0, 0.05) is 5.02 Å². The number of rotatable bonds is 3.